The largest absolute Gasteiger partial charge is 0.501 e. The number of benzene rings is 1. The van der Waals surface area contributed by atoms with Crippen LogP contribution in [-0.4, -0.2) is 25.4 Å². The number of halogens is 1. The minimum absolute atomic E-state index is 0.0377. The Morgan fingerprint density at radius 3 is 2.93 bits per heavy atom. The third-order valence-corrected chi connectivity index (χ3v) is 2.30. The summed E-state index contributed by atoms with van der Waals surface area (Å²) in [6.45, 7) is 0. The Morgan fingerprint density at radius 2 is 2.29 bits per heavy atom. The van der Waals surface area contributed by atoms with Gasteiger partial charge in [0, 0.05) is 0 Å². The molecule has 0 unspecified atom stereocenters. The van der Waals surface area contributed by atoms with Gasteiger partial charge in [-0.1, -0.05) is 0 Å². The Hall–Kier alpha value is -1.70. The molecule has 14 heavy (non-hydrogen) atoms. The van der Waals surface area contributed by atoms with E-state index in [1.807, 2.05) is 0 Å². The number of nitrogens with one attached hydrogen (secondary N) is 1. The molecule has 2 aromatic rings. The Balaban J connectivity index is 2.93. The normalized spacial score (nSPS) is 10.6. The van der Waals surface area contributed by atoms with Crippen molar-refractivity contribution < 1.29 is 10.0 Å². The van der Waals surface area contributed by atoms with Gasteiger partial charge in [-0.05, 0) is 22.0 Å². The number of aromatic hydroxyl groups is 1. The molecule has 8 heteroatoms. The second kappa shape index (κ2) is 2.91. The lowest BCUT2D eigenvalue weighted by Crippen LogP contribution is -1.91. The van der Waals surface area contributed by atoms with Gasteiger partial charge < -0.3 is 5.11 Å². The minimum atomic E-state index is -0.703. The van der Waals surface area contributed by atoms with Gasteiger partial charge in [0.25, 0.3) is 0 Å². The highest BCUT2D eigenvalue weighted by molar-refractivity contribution is 9.10. The van der Waals surface area contributed by atoms with E-state index in [0.717, 1.165) is 0 Å². The number of nitro groups is 1. The number of phenolic OH excluding ortho intramolecular Hbond substituents is 1. The van der Waals surface area contributed by atoms with Crippen LogP contribution < -0.4 is 0 Å². The number of rotatable bonds is 1. The molecule has 0 saturated carbocycles. The third kappa shape index (κ3) is 1.11. The van der Waals surface area contributed by atoms with Gasteiger partial charge >= 0.3 is 5.69 Å². The number of aromatic nitrogens is 3. The van der Waals surface area contributed by atoms with E-state index >= 15 is 0 Å². The maximum absolute atomic E-state index is 10.6. The lowest BCUT2D eigenvalue weighted by Gasteiger charge is -1.97. The molecule has 0 aliphatic heterocycles. The first-order valence-electron chi connectivity index (χ1n) is 3.47. The molecule has 0 spiro atoms. The topological polar surface area (TPSA) is 105 Å². The fourth-order valence-corrected chi connectivity index (χ4v) is 1.51. The molecule has 7 nitrogen and oxygen atoms in total. The fourth-order valence-electron chi connectivity index (χ4n) is 1.10. The maximum atomic E-state index is 10.6. The number of nitro benzene ring substituents is 1. The summed E-state index contributed by atoms with van der Waals surface area (Å²) in [5, 5.41) is 29.6. The predicted molar refractivity (Wildman–Crippen MR) is 49.9 cm³/mol. The predicted octanol–water partition coefficient (Wildman–Crippen LogP) is 1.33. The van der Waals surface area contributed by atoms with Crippen molar-refractivity contribution in [1.29, 1.82) is 0 Å². The van der Waals surface area contributed by atoms with Gasteiger partial charge in [-0.3, -0.25) is 10.1 Å². The average Bonchev–Trinajstić information content (AvgIpc) is 2.52. The molecule has 72 valence electrons. The lowest BCUT2D eigenvalue weighted by atomic mass is 10.2. The Labute approximate surface area is 85.0 Å². The number of H-pyrrole nitrogens is 1. The molecule has 0 aliphatic carbocycles. The van der Waals surface area contributed by atoms with Gasteiger partial charge in [-0.15, -0.1) is 5.10 Å². The van der Waals surface area contributed by atoms with Crippen LogP contribution in [0.25, 0.3) is 11.0 Å². The van der Waals surface area contributed by atoms with Crippen LogP contribution in [-0.2, 0) is 0 Å². The second-order valence-electron chi connectivity index (χ2n) is 2.50. The molecule has 1 heterocycles. The van der Waals surface area contributed by atoms with Crippen LogP contribution in [0.3, 0.4) is 0 Å². The van der Waals surface area contributed by atoms with E-state index in [0.29, 0.717) is 5.52 Å². The van der Waals surface area contributed by atoms with E-state index in [9.17, 15) is 15.2 Å². The van der Waals surface area contributed by atoms with E-state index in [1.165, 1.54) is 6.07 Å². The van der Waals surface area contributed by atoms with Crippen LogP contribution >= 0.6 is 15.9 Å². The van der Waals surface area contributed by atoms with Gasteiger partial charge in [-0.25, -0.2) is 0 Å². The number of nitrogens with zero attached hydrogens (tertiary/aromatic N) is 3. The van der Waals surface area contributed by atoms with Crippen LogP contribution in [0.15, 0.2) is 10.5 Å². The first-order valence-corrected chi connectivity index (χ1v) is 4.27. The summed E-state index contributed by atoms with van der Waals surface area (Å²) >= 11 is 2.98. The van der Waals surface area contributed by atoms with Crippen LogP contribution in [0.4, 0.5) is 5.69 Å². The van der Waals surface area contributed by atoms with Crippen molar-refractivity contribution in [2.24, 2.45) is 0 Å². The summed E-state index contributed by atoms with van der Waals surface area (Å²) in [6, 6.07) is 1.45. The zero-order valence-corrected chi connectivity index (χ0v) is 8.15. The molecule has 2 rings (SSSR count). The minimum Gasteiger partial charge on any atom is -0.501 e. The van der Waals surface area contributed by atoms with Crippen LogP contribution in [0, 0.1) is 10.1 Å². The summed E-state index contributed by atoms with van der Waals surface area (Å²) in [6.07, 6.45) is 0. The van der Waals surface area contributed by atoms with Crippen molar-refractivity contribution in [3.05, 3.63) is 20.7 Å². The number of phenols is 1. The van der Waals surface area contributed by atoms with E-state index in [-0.39, 0.29) is 9.99 Å². The zero-order valence-electron chi connectivity index (χ0n) is 6.56. The molecule has 0 atom stereocenters. The van der Waals surface area contributed by atoms with Crippen molar-refractivity contribution in [3.8, 4) is 5.75 Å². The van der Waals surface area contributed by atoms with Gasteiger partial charge in [-0.2, -0.15) is 10.3 Å². The maximum Gasteiger partial charge on any atom is 0.341 e. The van der Waals surface area contributed by atoms with E-state index in [4.69, 9.17) is 0 Å². The molecule has 0 amide bonds. The molecule has 0 saturated heterocycles. The molecule has 0 bridgehead atoms. The highest BCUT2D eigenvalue weighted by Crippen LogP contribution is 2.38. The number of hydrogen-bond donors (Lipinski definition) is 2. The quantitative estimate of drug-likeness (QED) is 0.593. The van der Waals surface area contributed by atoms with Crippen LogP contribution in [0.1, 0.15) is 0 Å². The SMILES string of the molecule is O=[N+]([O-])c1c(O)c(Br)cc2n[nH]nc12. The van der Waals surface area contributed by atoms with Crippen molar-refractivity contribution in [3.63, 3.8) is 0 Å². The molecule has 2 N–H and O–H groups in total. The van der Waals surface area contributed by atoms with E-state index in [2.05, 4.69) is 31.3 Å². The standard InChI is InChI=1S/C6H3BrN4O3/c7-2-1-3-4(9-10-8-3)5(6(2)12)11(13)14/h1,12H,(H,8,9,10). The summed E-state index contributed by atoms with van der Waals surface area (Å²) in [5.74, 6) is -0.448. The lowest BCUT2D eigenvalue weighted by molar-refractivity contribution is -0.384. The van der Waals surface area contributed by atoms with Gasteiger partial charge in [0.1, 0.15) is 5.52 Å². The van der Waals surface area contributed by atoms with Crippen molar-refractivity contribution in [1.82, 2.24) is 15.4 Å². The molecular formula is C6H3BrN4O3. The fraction of sp³-hybridized carbons (Fsp3) is 0. The number of aromatic amines is 1. The molecule has 1 aromatic heterocycles. The first-order chi connectivity index (χ1) is 6.61. The van der Waals surface area contributed by atoms with Gasteiger partial charge in [0.15, 0.2) is 5.52 Å². The molecule has 0 fully saturated rings. The average molecular weight is 259 g/mol. The van der Waals surface area contributed by atoms with Gasteiger partial charge in [0.05, 0.1) is 9.40 Å². The van der Waals surface area contributed by atoms with Crippen molar-refractivity contribution in [2.75, 3.05) is 0 Å². The smallest absolute Gasteiger partial charge is 0.341 e. The number of hydrogen-bond acceptors (Lipinski definition) is 5. The summed E-state index contributed by atoms with van der Waals surface area (Å²) < 4.78 is 0.214. The Kier molecular flexibility index (Phi) is 1.84. The summed E-state index contributed by atoms with van der Waals surface area (Å²) in [7, 11) is 0. The Morgan fingerprint density at radius 1 is 1.57 bits per heavy atom. The molecular weight excluding hydrogens is 256 g/mol. The van der Waals surface area contributed by atoms with Crippen molar-refractivity contribution in [2.45, 2.75) is 0 Å². The Bertz CT molecular complexity index is 523. The highest BCUT2D eigenvalue weighted by atomic mass is 79.9. The van der Waals surface area contributed by atoms with Gasteiger partial charge in [0.2, 0.25) is 5.75 Å². The molecule has 0 aliphatic rings. The molecule has 1 aromatic carbocycles. The summed E-state index contributed by atoms with van der Waals surface area (Å²) in [5.41, 5.74) is -0.0970. The third-order valence-electron chi connectivity index (χ3n) is 1.70. The molecule has 0 radical (unpaired) electrons. The van der Waals surface area contributed by atoms with E-state index in [1.54, 1.807) is 0 Å². The van der Waals surface area contributed by atoms with Crippen molar-refractivity contribution >= 4 is 32.7 Å². The highest BCUT2D eigenvalue weighted by Gasteiger charge is 2.23. The number of fused-ring (bicyclic) bond motifs is 1. The first kappa shape index (κ1) is 8.88. The monoisotopic (exact) mass is 258 g/mol. The zero-order chi connectivity index (χ0) is 10.3. The van der Waals surface area contributed by atoms with Crippen LogP contribution in [0.5, 0.6) is 5.75 Å². The second-order valence-corrected chi connectivity index (χ2v) is 3.36. The summed E-state index contributed by atoms with van der Waals surface area (Å²) in [4.78, 5) is 9.93. The van der Waals surface area contributed by atoms with E-state index < -0.39 is 16.4 Å². The van der Waals surface area contributed by atoms with Crippen LogP contribution in [0.2, 0.25) is 0 Å².